The Morgan fingerprint density at radius 1 is 1.17 bits per heavy atom. The molecule has 7 heteroatoms. The van der Waals surface area contributed by atoms with Crippen LogP contribution in [0, 0.1) is 23.7 Å². The van der Waals surface area contributed by atoms with Crippen molar-refractivity contribution in [3.8, 4) is 0 Å². The van der Waals surface area contributed by atoms with Crippen molar-refractivity contribution in [2.75, 3.05) is 0 Å². The molecule has 4 saturated carbocycles. The first-order chi connectivity index (χ1) is 11.6. The van der Waals surface area contributed by atoms with E-state index in [1.807, 2.05) is 0 Å². The van der Waals surface area contributed by atoms with E-state index in [-0.39, 0.29) is 30.1 Å². The van der Waals surface area contributed by atoms with Gasteiger partial charge in [0.05, 0.1) is 6.54 Å². The molecular formula is C17H22F2N4O. The van der Waals surface area contributed by atoms with E-state index in [1.54, 1.807) is 0 Å². The van der Waals surface area contributed by atoms with Gasteiger partial charge in [-0.1, -0.05) is 0 Å². The average molecular weight is 336 g/mol. The van der Waals surface area contributed by atoms with Crippen molar-refractivity contribution in [1.82, 2.24) is 20.6 Å². The lowest BCUT2D eigenvalue weighted by Crippen LogP contribution is -2.57. The molecule has 1 aromatic rings. The van der Waals surface area contributed by atoms with E-state index in [1.165, 1.54) is 44.4 Å². The molecule has 2 N–H and O–H groups in total. The van der Waals surface area contributed by atoms with Crippen molar-refractivity contribution < 1.29 is 13.6 Å². The lowest BCUT2D eigenvalue weighted by atomic mass is 9.54. The summed E-state index contributed by atoms with van der Waals surface area (Å²) >= 11 is 0. The minimum absolute atomic E-state index is 0.0553. The smallest absolute Gasteiger partial charge is 0.315 e. The number of amides is 2. The first-order valence-electron chi connectivity index (χ1n) is 8.73. The van der Waals surface area contributed by atoms with E-state index in [4.69, 9.17) is 0 Å². The predicted molar refractivity (Wildman–Crippen MR) is 83.2 cm³/mol. The van der Waals surface area contributed by atoms with Gasteiger partial charge in [-0.2, -0.15) is 0 Å². The van der Waals surface area contributed by atoms with Gasteiger partial charge in [-0.15, -0.1) is 0 Å². The minimum Gasteiger partial charge on any atom is -0.335 e. The zero-order valence-electron chi connectivity index (χ0n) is 13.4. The number of aromatic nitrogens is 2. The van der Waals surface area contributed by atoms with Crippen molar-refractivity contribution >= 4 is 6.03 Å². The van der Waals surface area contributed by atoms with Crippen LogP contribution in [0.4, 0.5) is 13.6 Å². The third-order valence-electron chi connectivity index (χ3n) is 5.88. The van der Waals surface area contributed by atoms with Gasteiger partial charge in [-0.3, -0.25) is 0 Å². The van der Waals surface area contributed by atoms with Crippen molar-refractivity contribution in [3.05, 3.63) is 23.8 Å². The standard InChI is InChI=1S/C17H22F2N4O/c18-16(19)13-1-2-20-14(22-13)8-21-17(24)23-15-11-4-9-3-10(6-11)7-12(15)5-9/h1-2,9-12,15-16H,3-8H2,(H2,21,23,24). The van der Waals surface area contributed by atoms with Gasteiger partial charge in [-0.05, 0) is 61.8 Å². The third kappa shape index (κ3) is 3.08. The Morgan fingerprint density at radius 3 is 2.46 bits per heavy atom. The van der Waals surface area contributed by atoms with Gasteiger partial charge in [0.2, 0.25) is 0 Å². The second kappa shape index (κ2) is 6.26. The fourth-order valence-corrected chi connectivity index (χ4v) is 5.14. The number of nitrogens with zero attached hydrogens (tertiary/aromatic N) is 2. The number of hydrogen-bond donors (Lipinski definition) is 2. The summed E-state index contributed by atoms with van der Waals surface area (Å²) in [7, 11) is 0. The highest BCUT2D eigenvalue weighted by molar-refractivity contribution is 5.74. The summed E-state index contributed by atoms with van der Waals surface area (Å²) in [5, 5.41) is 5.82. The molecule has 0 unspecified atom stereocenters. The molecule has 1 aromatic heterocycles. The molecule has 0 atom stereocenters. The Morgan fingerprint density at radius 2 is 1.83 bits per heavy atom. The van der Waals surface area contributed by atoms with Crippen LogP contribution in [-0.2, 0) is 6.54 Å². The minimum atomic E-state index is -2.63. The molecule has 0 aromatic carbocycles. The van der Waals surface area contributed by atoms with Gasteiger partial charge in [0.25, 0.3) is 6.43 Å². The summed E-state index contributed by atoms with van der Waals surface area (Å²) in [6.07, 6.45) is 4.98. The molecule has 24 heavy (non-hydrogen) atoms. The Hall–Kier alpha value is -1.79. The predicted octanol–water partition coefficient (Wildman–Crippen LogP) is 3.04. The highest BCUT2D eigenvalue weighted by Crippen LogP contribution is 2.53. The molecule has 0 radical (unpaired) electrons. The molecule has 4 bridgehead atoms. The number of carbonyl (C=O) groups excluding carboxylic acids is 1. The van der Waals surface area contributed by atoms with Crippen LogP contribution in [-0.4, -0.2) is 22.0 Å². The van der Waals surface area contributed by atoms with Crippen LogP contribution in [0.1, 0.15) is 50.0 Å². The Balaban J connectivity index is 1.32. The zero-order chi connectivity index (χ0) is 16.7. The molecule has 0 spiro atoms. The molecule has 4 aliphatic rings. The summed E-state index contributed by atoms with van der Waals surface area (Å²) in [5.41, 5.74) is -0.316. The maximum atomic E-state index is 12.6. The van der Waals surface area contributed by atoms with Crippen LogP contribution >= 0.6 is 0 Å². The van der Waals surface area contributed by atoms with Crippen molar-refractivity contribution in [2.45, 2.75) is 51.1 Å². The fraction of sp³-hybridized carbons (Fsp3) is 0.706. The third-order valence-corrected chi connectivity index (χ3v) is 5.88. The molecule has 2 amide bonds. The van der Waals surface area contributed by atoms with E-state index in [9.17, 15) is 13.6 Å². The van der Waals surface area contributed by atoms with Crippen LogP contribution in [0.5, 0.6) is 0 Å². The zero-order valence-corrected chi connectivity index (χ0v) is 13.4. The first-order valence-corrected chi connectivity index (χ1v) is 8.73. The van der Waals surface area contributed by atoms with E-state index in [0.717, 1.165) is 11.8 Å². The van der Waals surface area contributed by atoms with E-state index in [2.05, 4.69) is 20.6 Å². The Labute approximate surface area is 139 Å². The van der Waals surface area contributed by atoms with Gasteiger partial charge < -0.3 is 10.6 Å². The summed E-state index contributed by atoms with van der Waals surface area (Å²) in [6, 6.07) is 1.19. The Kier molecular flexibility index (Phi) is 4.10. The van der Waals surface area contributed by atoms with Crippen molar-refractivity contribution in [3.63, 3.8) is 0 Å². The molecule has 5 nitrogen and oxygen atoms in total. The van der Waals surface area contributed by atoms with Gasteiger partial charge in [0.1, 0.15) is 11.5 Å². The average Bonchev–Trinajstić information content (AvgIpc) is 2.56. The van der Waals surface area contributed by atoms with Gasteiger partial charge in [0, 0.05) is 12.2 Å². The van der Waals surface area contributed by atoms with Crippen LogP contribution in [0.25, 0.3) is 0 Å². The largest absolute Gasteiger partial charge is 0.335 e. The van der Waals surface area contributed by atoms with Crippen LogP contribution in [0.15, 0.2) is 12.3 Å². The summed E-state index contributed by atoms with van der Waals surface area (Å²) in [4.78, 5) is 19.9. The lowest BCUT2D eigenvalue weighted by Gasteiger charge is -2.54. The van der Waals surface area contributed by atoms with Crippen molar-refractivity contribution in [2.24, 2.45) is 23.7 Å². The van der Waals surface area contributed by atoms with Gasteiger partial charge >= 0.3 is 6.03 Å². The second-order valence-corrected chi connectivity index (χ2v) is 7.48. The normalized spacial score (nSPS) is 33.7. The topological polar surface area (TPSA) is 66.9 Å². The van der Waals surface area contributed by atoms with E-state index < -0.39 is 6.43 Å². The maximum Gasteiger partial charge on any atom is 0.315 e. The first kappa shape index (κ1) is 15.7. The molecule has 130 valence electrons. The molecule has 0 aliphatic heterocycles. The van der Waals surface area contributed by atoms with Gasteiger partial charge in [-0.25, -0.2) is 23.5 Å². The second-order valence-electron chi connectivity index (χ2n) is 7.48. The molecule has 4 fully saturated rings. The Bertz CT molecular complexity index is 596. The summed E-state index contributed by atoms with van der Waals surface area (Å²) in [6.45, 7) is 0.0553. The highest BCUT2D eigenvalue weighted by Gasteiger charge is 2.48. The number of nitrogens with one attached hydrogen (secondary N) is 2. The van der Waals surface area contributed by atoms with Crippen LogP contribution in [0.2, 0.25) is 0 Å². The summed E-state index contributed by atoms with van der Waals surface area (Å²) < 4.78 is 25.3. The molecule has 1 heterocycles. The van der Waals surface area contributed by atoms with Crippen molar-refractivity contribution in [1.29, 1.82) is 0 Å². The molecule has 4 aliphatic carbocycles. The SMILES string of the molecule is O=C(NCc1nccc(C(F)F)n1)NC1C2CC3CC(C2)CC1C3. The fourth-order valence-electron chi connectivity index (χ4n) is 5.14. The number of hydrogen-bond acceptors (Lipinski definition) is 3. The number of urea groups is 1. The molecular weight excluding hydrogens is 314 g/mol. The number of halogens is 2. The number of carbonyl (C=O) groups is 1. The van der Waals surface area contributed by atoms with Crippen LogP contribution < -0.4 is 10.6 Å². The maximum absolute atomic E-state index is 12.6. The molecule has 5 rings (SSSR count). The lowest BCUT2D eigenvalue weighted by molar-refractivity contribution is -0.00943. The molecule has 0 saturated heterocycles. The highest BCUT2D eigenvalue weighted by atomic mass is 19.3. The number of alkyl halides is 2. The quantitative estimate of drug-likeness (QED) is 0.888. The van der Waals surface area contributed by atoms with Crippen LogP contribution in [0.3, 0.4) is 0 Å². The monoisotopic (exact) mass is 336 g/mol. The van der Waals surface area contributed by atoms with E-state index in [0.29, 0.717) is 11.8 Å². The summed E-state index contributed by atoms with van der Waals surface area (Å²) in [5.74, 6) is 3.13. The van der Waals surface area contributed by atoms with E-state index >= 15 is 0 Å². The van der Waals surface area contributed by atoms with Gasteiger partial charge in [0.15, 0.2) is 0 Å². The number of rotatable bonds is 4.